The summed E-state index contributed by atoms with van der Waals surface area (Å²) in [5.41, 5.74) is 2.11. The molecule has 6 heteroatoms. The van der Waals surface area contributed by atoms with Crippen molar-refractivity contribution in [3.05, 3.63) is 40.4 Å². The summed E-state index contributed by atoms with van der Waals surface area (Å²) in [5.74, 6) is -1.34. The lowest BCUT2D eigenvalue weighted by Gasteiger charge is -2.09. The molecule has 1 fully saturated rings. The molecule has 1 amide bonds. The van der Waals surface area contributed by atoms with Gasteiger partial charge in [-0.1, -0.05) is 49.2 Å². The third kappa shape index (κ3) is 3.71. The van der Waals surface area contributed by atoms with Crippen LogP contribution in [0.3, 0.4) is 0 Å². The minimum atomic E-state index is -4.57. The second-order valence-electron chi connectivity index (χ2n) is 6.64. The first kappa shape index (κ1) is 17.9. The standard InChI is InChI=1S/C17H19ClF3NO/c1-9-5-6-12(10(2)7-9)22-15(23)14-11(16(14,3)4)8-13(18)17(19,20)21/h5-8,11,14H,1-4H3,(H,22,23)/b13-8-/t11-,14-/m0/s1. The number of alkyl halides is 3. The van der Waals surface area contributed by atoms with Crippen molar-refractivity contribution in [1.82, 2.24) is 0 Å². The van der Waals surface area contributed by atoms with E-state index in [0.29, 0.717) is 5.69 Å². The molecule has 2 rings (SSSR count). The fourth-order valence-corrected chi connectivity index (χ4v) is 3.04. The minimum Gasteiger partial charge on any atom is -0.326 e. The molecule has 23 heavy (non-hydrogen) atoms. The monoisotopic (exact) mass is 345 g/mol. The van der Waals surface area contributed by atoms with Crippen molar-refractivity contribution in [2.45, 2.75) is 33.9 Å². The molecule has 1 aliphatic rings. The molecule has 0 spiro atoms. The number of halogens is 4. The number of hydrogen-bond acceptors (Lipinski definition) is 1. The lowest BCUT2D eigenvalue weighted by molar-refractivity contribution is -0.118. The zero-order valence-corrected chi connectivity index (χ0v) is 14.1. The van der Waals surface area contributed by atoms with Gasteiger partial charge in [0.05, 0.1) is 5.92 Å². The number of carbonyl (C=O) groups excluding carboxylic acids is 1. The molecular weight excluding hydrogens is 327 g/mol. The summed E-state index contributed by atoms with van der Waals surface area (Å²) in [6.45, 7) is 7.35. The van der Waals surface area contributed by atoms with Crippen molar-refractivity contribution >= 4 is 23.2 Å². The zero-order valence-electron chi connectivity index (χ0n) is 13.4. The van der Waals surface area contributed by atoms with Crippen molar-refractivity contribution in [2.75, 3.05) is 5.32 Å². The first-order valence-electron chi connectivity index (χ1n) is 7.27. The third-order valence-electron chi connectivity index (χ3n) is 4.43. The Kier molecular flexibility index (Phi) is 4.55. The van der Waals surface area contributed by atoms with Crippen LogP contribution in [0.2, 0.25) is 0 Å². The molecule has 126 valence electrons. The molecule has 0 saturated heterocycles. The first-order chi connectivity index (χ1) is 10.4. The molecule has 1 aromatic carbocycles. The number of aryl methyl sites for hydroxylation is 2. The second-order valence-corrected chi connectivity index (χ2v) is 7.05. The summed E-state index contributed by atoms with van der Waals surface area (Å²) < 4.78 is 37.7. The average Bonchev–Trinajstić information content (AvgIpc) is 2.93. The Morgan fingerprint density at radius 2 is 1.91 bits per heavy atom. The highest BCUT2D eigenvalue weighted by atomic mass is 35.5. The van der Waals surface area contributed by atoms with Gasteiger partial charge in [-0.25, -0.2) is 0 Å². The van der Waals surface area contributed by atoms with Gasteiger partial charge in [-0.05, 0) is 36.8 Å². The van der Waals surface area contributed by atoms with E-state index in [9.17, 15) is 18.0 Å². The summed E-state index contributed by atoms with van der Waals surface area (Å²) >= 11 is 5.30. The van der Waals surface area contributed by atoms with Gasteiger partial charge in [0.2, 0.25) is 5.91 Å². The average molecular weight is 346 g/mol. The molecule has 0 unspecified atom stereocenters. The third-order valence-corrected chi connectivity index (χ3v) is 4.77. The van der Waals surface area contributed by atoms with Crippen molar-refractivity contribution in [2.24, 2.45) is 17.3 Å². The van der Waals surface area contributed by atoms with Gasteiger partial charge in [0, 0.05) is 5.69 Å². The van der Waals surface area contributed by atoms with E-state index < -0.39 is 28.5 Å². The van der Waals surface area contributed by atoms with Crippen LogP contribution in [0.5, 0.6) is 0 Å². The fraction of sp³-hybridized carbons (Fsp3) is 0.471. The molecular formula is C17H19ClF3NO. The number of hydrogen-bond donors (Lipinski definition) is 1. The molecule has 1 aliphatic carbocycles. The Labute approximate surface area is 138 Å². The van der Waals surface area contributed by atoms with Crippen molar-refractivity contribution in [3.8, 4) is 0 Å². The van der Waals surface area contributed by atoms with Crippen LogP contribution in [0.15, 0.2) is 29.3 Å². The summed E-state index contributed by atoms with van der Waals surface area (Å²) in [4.78, 5) is 12.4. The lowest BCUT2D eigenvalue weighted by atomic mass is 10.1. The molecule has 1 N–H and O–H groups in total. The van der Waals surface area contributed by atoms with Crippen LogP contribution in [0, 0.1) is 31.1 Å². The van der Waals surface area contributed by atoms with Gasteiger partial charge < -0.3 is 5.32 Å². The Bertz CT molecular complexity index is 664. The summed E-state index contributed by atoms with van der Waals surface area (Å²) in [7, 11) is 0. The Balaban J connectivity index is 2.14. The van der Waals surface area contributed by atoms with E-state index in [1.165, 1.54) is 0 Å². The smallest absolute Gasteiger partial charge is 0.326 e. The largest absolute Gasteiger partial charge is 0.426 e. The van der Waals surface area contributed by atoms with Crippen LogP contribution < -0.4 is 5.32 Å². The molecule has 2 nitrogen and oxygen atoms in total. The maximum atomic E-state index is 12.6. The van der Waals surface area contributed by atoms with Gasteiger partial charge in [-0.2, -0.15) is 13.2 Å². The van der Waals surface area contributed by atoms with E-state index in [1.54, 1.807) is 19.9 Å². The predicted molar refractivity (Wildman–Crippen MR) is 85.3 cm³/mol. The van der Waals surface area contributed by atoms with Crippen molar-refractivity contribution in [3.63, 3.8) is 0 Å². The first-order valence-corrected chi connectivity index (χ1v) is 7.65. The lowest BCUT2D eigenvalue weighted by Crippen LogP contribution is -2.17. The number of amides is 1. The number of nitrogens with one attached hydrogen (secondary N) is 1. The maximum Gasteiger partial charge on any atom is 0.426 e. The van der Waals surface area contributed by atoms with Gasteiger partial charge >= 0.3 is 6.18 Å². The van der Waals surface area contributed by atoms with Crippen LogP contribution in [0.25, 0.3) is 0 Å². The quantitative estimate of drug-likeness (QED) is 0.801. The highest BCUT2D eigenvalue weighted by Crippen LogP contribution is 2.60. The molecule has 0 heterocycles. The summed E-state index contributed by atoms with van der Waals surface area (Å²) in [6, 6.07) is 5.61. The van der Waals surface area contributed by atoms with Crippen LogP contribution in [-0.4, -0.2) is 12.1 Å². The molecule has 2 atom stereocenters. The van der Waals surface area contributed by atoms with Crippen molar-refractivity contribution < 1.29 is 18.0 Å². The van der Waals surface area contributed by atoms with Crippen LogP contribution in [0.4, 0.5) is 18.9 Å². The van der Waals surface area contributed by atoms with E-state index in [4.69, 9.17) is 11.6 Å². The van der Waals surface area contributed by atoms with Crippen molar-refractivity contribution in [1.29, 1.82) is 0 Å². The normalized spacial score (nSPS) is 23.6. The minimum absolute atomic E-state index is 0.283. The Hall–Kier alpha value is -1.49. The topological polar surface area (TPSA) is 29.1 Å². The highest BCUT2D eigenvalue weighted by Gasteiger charge is 2.61. The molecule has 0 aliphatic heterocycles. The van der Waals surface area contributed by atoms with Gasteiger partial charge in [0.1, 0.15) is 5.03 Å². The summed E-state index contributed by atoms with van der Waals surface area (Å²) in [6.07, 6.45) is -3.62. The second kappa shape index (κ2) is 5.86. The Morgan fingerprint density at radius 1 is 1.30 bits per heavy atom. The molecule has 1 saturated carbocycles. The number of benzene rings is 1. The maximum absolute atomic E-state index is 12.6. The van der Waals surface area contributed by atoms with Crippen LogP contribution >= 0.6 is 11.6 Å². The fourth-order valence-electron chi connectivity index (χ4n) is 2.91. The van der Waals surface area contributed by atoms with Crippen LogP contribution in [-0.2, 0) is 4.79 Å². The Morgan fingerprint density at radius 3 is 2.43 bits per heavy atom. The highest BCUT2D eigenvalue weighted by molar-refractivity contribution is 6.30. The van der Waals surface area contributed by atoms with E-state index in [1.807, 2.05) is 26.0 Å². The molecule has 1 aromatic rings. The van der Waals surface area contributed by atoms with E-state index in [0.717, 1.165) is 17.2 Å². The van der Waals surface area contributed by atoms with Crippen LogP contribution in [0.1, 0.15) is 25.0 Å². The van der Waals surface area contributed by atoms with E-state index in [2.05, 4.69) is 5.32 Å². The molecule has 0 aromatic heterocycles. The zero-order chi connectivity index (χ0) is 17.6. The molecule has 0 radical (unpaired) electrons. The predicted octanol–water partition coefficient (Wildman–Crippen LogP) is 5.20. The van der Waals surface area contributed by atoms with Gasteiger partial charge in [-0.3, -0.25) is 4.79 Å². The SMILES string of the molecule is Cc1ccc(NC(=O)[C@@H]2[C@H](/C=C(\Cl)C(F)(F)F)C2(C)C)c(C)c1. The number of allylic oxidation sites excluding steroid dienone is 2. The van der Waals surface area contributed by atoms with Gasteiger partial charge in [0.25, 0.3) is 0 Å². The number of rotatable bonds is 3. The van der Waals surface area contributed by atoms with Gasteiger partial charge in [-0.15, -0.1) is 0 Å². The van der Waals surface area contributed by atoms with Gasteiger partial charge in [0.15, 0.2) is 0 Å². The number of anilines is 1. The van der Waals surface area contributed by atoms with E-state index in [-0.39, 0.29) is 5.91 Å². The molecule has 0 bridgehead atoms. The van der Waals surface area contributed by atoms with E-state index >= 15 is 0 Å². The number of carbonyl (C=O) groups is 1. The summed E-state index contributed by atoms with van der Waals surface area (Å²) in [5, 5.41) is 1.64.